The molecule has 0 aliphatic rings. The molecule has 0 amide bonds. The van der Waals surface area contributed by atoms with Gasteiger partial charge in [0.2, 0.25) is 0 Å². The maximum atomic E-state index is 5.72. The number of hydrogen-bond donors (Lipinski definition) is 1. The van der Waals surface area contributed by atoms with Crippen molar-refractivity contribution in [3.63, 3.8) is 0 Å². The first kappa shape index (κ1) is 7.90. The molecule has 0 aliphatic carbocycles. The third kappa shape index (κ3) is 3.48. The minimum Gasteiger partial charge on any atom is -0.280 e. The van der Waals surface area contributed by atoms with Gasteiger partial charge in [-0.25, -0.2) is 0 Å². The highest BCUT2D eigenvalue weighted by Gasteiger charge is 2.02. The Kier molecular flexibility index (Phi) is 3.42. The van der Waals surface area contributed by atoms with Crippen molar-refractivity contribution in [2.45, 2.75) is 6.92 Å². The van der Waals surface area contributed by atoms with Gasteiger partial charge in [0.1, 0.15) is 0 Å². The topological polar surface area (TPSA) is 12.0 Å². The molecule has 0 spiro atoms. The van der Waals surface area contributed by atoms with E-state index < -0.39 is 5.54 Å². The summed E-state index contributed by atoms with van der Waals surface area (Å²) in [7, 11) is 1.80. The molecular formula is C3H9ClNPS. The summed E-state index contributed by atoms with van der Waals surface area (Å²) >= 11 is 10.6. The second-order valence-corrected chi connectivity index (χ2v) is 7.78. The van der Waals surface area contributed by atoms with Crippen LogP contribution in [-0.4, -0.2) is 13.2 Å². The van der Waals surface area contributed by atoms with Gasteiger partial charge in [0.25, 0.3) is 0 Å². The Balaban J connectivity index is 3.61. The smallest absolute Gasteiger partial charge is 0.0956 e. The van der Waals surface area contributed by atoms with Crippen molar-refractivity contribution < 1.29 is 0 Å². The van der Waals surface area contributed by atoms with Crippen molar-refractivity contribution in [1.82, 2.24) is 5.09 Å². The summed E-state index contributed by atoms with van der Waals surface area (Å²) in [5.41, 5.74) is -1.60. The van der Waals surface area contributed by atoms with E-state index >= 15 is 0 Å². The molecule has 1 nitrogen and oxygen atoms in total. The molecule has 0 saturated heterocycles. The summed E-state index contributed by atoms with van der Waals surface area (Å²) in [6.07, 6.45) is 0.875. The van der Waals surface area contributed by atoms with E-state index in [4.69, 9.17) is 23.0 Å². The van der Waals surface area contributed by atoms with Gasteiger partial charge in [-0.05, 0) is 13.2 Å². The molecule has 0 aromatic rings. The predicted molar refractivity (Wildman–Crippen MR) is 39.7 cm³/mol. The van der Waals surface area contributed by atoms with Gasteiger partial charge in [0.15, 0.2) is 0 Å². The summed E-state index contributed by atoms with van der Waals surface area (Å²) in [5, 5.41) is 2.88. The Labute approximate surface area is 54.3 Å². The van der Waals surface area contributed by atoms with Crippen molar-refractivity contribution in [2.75, 3.05) is 13.2 Å². The third-order valence-electron chi connectivity index (χ3n) is 0.741. The quantitative estimate of drug-likeness (QED) is 0.614. The van der Waals surface area contributed by atoms with Gasteiger partial charge in [0, 0.05) is 0 Å². The lowest BCUT2D eigenvalue weighted by Crippen LogP contribution is -1.97. The Bertz CT molecular complexity index is 86.9. The average molecular weight is 158 g/mol. The van der Waals surface area contributed by atoms with Crippen molar-refractivity contribution in [1.29, 1.82) is 0 Å². The van der Waals surface area contributed by atoms with Crippen molar-refractivity contribution >= 4 is 28.6 Å². The van der Waals surface area contributed by atoms with E-state index in [0.29, 0.717) is 0 Å². The SMILES string of the molecule is CCP(=S)(Cl)NC. The molecule has 0 saturated carbocycles. The van der Waals surface area contributed by atoms with Gasteiger partial charge >= 0.3 is 0 Å². The zero-order valence-electron chi connectivity index (χ0n) is 4.44. The second kappa shape index (κ2) is 3.03. The number of nitrogens with one attached hydrogen (secondary N) is 1. The number of rotatable bonds is 2. The van der Waals surface area contributed by atoms with Gasteiger partial charge in [-0.2, -0.15) is 0 Å². The minimum atomic E-state index is -1.60. The van der Waals surface area contributed by atoms with E-state index in [1.54, 1.807) is 7.05 Å². The number of hydrogen-bond acceptors (Lipinski definition) is 1. The molecule has 1 atom stereocenters. The van der Waals surface area contributed by atoms with Crippen LogP contribution < -0.4 is 5.09 Å². The molecule has 0 aliphatic heterocycles. The Hall–Kier alpha value is 0.900. The first-order valence-corrected chi connectivity index (χ1v) is 5.99. The highest BCUT2D eigenvalue weighted by Crippen LogP contribution is 2.45. The summed E-state index contributed by atoms with van der Waals surface area (Å²) < 4.78 is 0. The van der Waals surface area contributed by atoms with Crippen LogP contribution in [0.1, 0.15) is 6.92 Å². The van der Waals surface area contributed by atoms with E-state index in [2.05, 4.69) is 5.09 Å². The molecule has 0 heterocycles. The lowest BCUT2D eigenvalue weighted by atomic mass is 11.0. The van der Waals surface area contributed by atoms with Crippen LogP contribution in [0.3, 0.4) is 0 Å². The van der Waals surface area contributed by atoms with Crippen LogP contribution >= 0.6 is 16.8 Å². The Morgan fingerprint density at radius 3 is 2.29 bits per heavy atom. The van der Waals surface area contributed by atoms with Gasteiger partial charge in [0.05, 0.1) is 5.54 Å². The fourth-order valence-electron chi connectivity index (χ4n) is 0.158. The molecule has 0 rings (SSSR count). The molecule has 1 unspecified atom stereocenters. The standard InChI is InChI=1S/C3H9ClNPS/c1-3-6(4,7)5-2/h3H2,1-2H3,(H,5,7). The van der Waals surface area contributed by atoms with E-state index in [-0.39, 0.29) is 0 Å². The van der Waals surface area contributed by atoms with E-state index in [0.717, 1.165) is 6.16 Å². The molecule has 7 heavy (non-hydrogen) atoms. The van der Waals surface area contributed by atoms with E-state index in [9.17, 15) is 0 Å². The zero-order valence-corrected chi connectivity index (χ0v) is 6.91. The highest BCUT2D eigenvalue weighted by atomic mass is 35.7. The van der Waals surface area contributed by atoms with Crippen LogP contribution in [0.4, 0.5) is 0 Å². The predicted octanol–water partition coefficient (Wildman–Crippen LogP) is 1.77. The van der Waals surface area contributed by atoms with Crippen LogP contribution in [0.25, 0.3) is 0 Å². The highest BCUT2D eigenvalue weighted by molar-refractivity contribution is 8.26. The monoisotopic (exact) mass is 157 g/mol. The lowest BCUT2D eigenvalue weighted by Gasteiger charge is -2.06. The molecule has 0 aromatic carbocycles. The normalized spacial score (nSPS) is 18.7. The van der Waals surface area contributed by atoms with Crippen molar-refractivity contribution in [2.24, 2.45) is 0 Å². The molecule has 4 heteroatoms. The third-order valence-corrected chi connectivity index (χ3v) is 4.77. The van der Waals surface area contributed by atoms with Crippen molar-refractivity contribution in [3.05, 3.63) is 0 Å². The molecule has 0 aromatic heterocycles. The Morgan fingerprint density at radius 2 is 2.29 bits per heavy atom. The van der Waals surface area contributed by atoms with Gasteiger partial charge in [-0.15, -0.1) is 0 Å². The summed E-state index contributed by atoms with van der Waals surface area (Å²) in [4.78, 5) is 0. The fraction of sp³-hybridized carbons (Fsp3) is 1.00. The summed E-state index contributed by atoms with van der Waals surface area (Å²) in [6.45, 7) is 1.99. The van der Waals surface area contributed by atoms with E-state index in [1.807, 2.05) is 6.92 Å². The van der Waals surface area contributed by atoms with Crippen LogP contribution in [-0.2, 0) is 11.8 Å². The maximum Gasteiger partial charge on any atom is 0.0956 e. The fourth-order valence-corrected chi connectivity index (χ4v) is 0.474. The summed E-state index contributed by atoms with van der Waals surface area (Å²) in [6, 6.07) is 0. The average Bonchev–Trinajstić information content (AvgIpc) is 1.68. The molecule has 0 bridgehead atoms. The Morgan fingerprint density at radius 1 is 1.86 bits per heavy atom. The first-order valence-electron chi connectivity index (χ1n) is 2.10. The molecule has 0 radical (unpaired) electrons. The largest absolute Gasteiger partial charge is 0.280 e. The van der Waals surface area contributed by atoms with Crippen molar-refractivity contribution in [3.8, 4) is 0 Å². The molecule has 1 N–H and O–H groups in total. The maximum absolute atomic E-state index is 5.72. The molecule has 44 valence electrons. The summed E-state index contributed by atoms with van der Waals surface area (Å²) in [5.74, 6) is 0. The van der Waals surface area contributed by atoms with E-state index in [1.165, 1.54) is 0 Å². The van der Waals surface area contributed by atoms with Gasteiger partial charge < -0.3 is 0 Å². The minimum absolute atomic E-state index is 0.875. The zero-order chi connectivity index (χ0) is 5.91. The molecular weight excluding hydrogens is 149 g/mol. The van der Waals surface area contributed by atoms with Crippen LogP contribution in [0.15, 0.2) is 0 Å². The first-order chi connectivity index (χ1) is 3.12. The lowest BCUT2D eigenvalue weighted by molar-refractivity contribution is 1.25. The second-order valence-electron chi connectivity index (χ2n) is 1.19. The molecule has 0 fully saturated rings. The van der Waals surface area contributed by atoms with Gasteiger partial charge in [-0.1, -0.05) is 30.0 Å². The van der Waals surface area contributed by atoms with Crippen LogP contribution in [0.5, 0.6) is 0 Å². The number of halogens is 1. The van der Waals surface area contributed by atoms with Crippen LogP contribution in [0, 0.1) is 0 Å². The van der Waals surface area contributed by atoms with Gasteiger partial charge in [-0.3, -0.25) is 5.09 Å². The van der Waals surface area contributed by atoms with Crippen LogP contribution in [0.2, 0.25) is 0 Å².